The maximum absolute atomic E-state index is 12.6. The molecule has 0 N–H and O–H groups in total. The maximum Gasteiger partial charge on any atom is 0.275 e. The number of aromatic nitrogens is 1. The second-order valence-electron chi connectivity index (χ2n) is 7.56. The van der Waals surface area contributed by atoms with Crippen LogP contribution in [0.3, 0.4) is 0 Å². The van der Waals surface area contributed by atoms with E-state index in [0.717, 1.165) is 38.2 Å². The lowest BCUT2D eigenvalue weighted by atomic mass is 10.1. The Kier molecular flexibility index (Phi) is 7.09. The molecule has 1 aliphatic rings. The predicted octanol–water partition coefficient (Wildman–Crippen LogP) is 4.11. The van der Waals surface area contributed by atoms with Crippen LogP contribution in [0.4, 0.5) is 0 Å². The summed E-state index contributed by atoms with van der Waals surface area (Å²) in [5.41, 5.74) is 1.62. The molecular weight excluding hydrogens is 354 g/mol. The van der Waals surface area contributed by atoms with E-state index in [9.17, 15) is 4.79 Å². The zero-order valence-corrected chi connectivity index (χ0v) is 17.2. The molecule has 1 amide bonds. The van der Waals surface area contributed by atoms with Crippen molar-refractivity contribution in [3.8, 4) is 5.75 Å². The Morgan fingerprint density at radius 2 is 1.89 bits per heavy atom. The third-order valence-electron chi connectivity index (χ3n) is 5.10. The van der Waals surface area contributed by atoms with Crippen LogP contribution >= 0.6 is 0 Å². The molecule has 1 fully saturated rings. The number of carbonyl (C=O) groups is 1. The van der Waals surface area contributed by atoms with Crippen molar-refractivity contribution in [3.63, 3.8) is 0 Å². The van der Waals surface area contributed by atoms with Crippen LogP contribution in [0.25, 0.3) is 0 Å². The van der Waals surface area contributed by atoms with Crippen LogP contribution in [0, 0.1) is 0 Å². The Hall–Kier alpha value is -2.34. The molecule has 152 valence electrons. The lowest BCUT2D eigenvalue weighted by molar-refractivity contribution is 0.0718. The van der Waals surface area contributed by atoms with Crippen molar-refractivity contribution in [1.29, 1.82) is 0 Å². The molecule has 1 aromatic heterocycles. The molecule has 0 radical (unpaired) electrons. The Bertz CT molecular complexity index is 749. The van der Waals surface area contributed by atoms with Crippen molar-refractivity contribution < 1.29 is 13.9 Å². The van der Waals surface area contributed by atoms with E-state index in [0.29, 0.717) is 30.8 Å². The summed E-state index contributed by atoms with van der Waals surface area (Å²) < 4.78 is 11.1. The van der Waals surface area contributed by atoms with Gasteiger partial charge in [0.15, 0.2) is 5.69 Å². The van der Waals surface area contributed by atoms with Gasteiger partial charge in [-0.05, 0) is 57.7 Å². The fourth-order valence-electron chi connectivity index (χ4n) is 3.43. The molecule has 0 unspecified atom stereocenters. The first-order chi connectivity index (χ1) is 13.6. The van der Waals surface area contributed by atoms with Gasteiger partial charge in [0.2, 0.25) is 5.89 Å². The summed E-state index contributed by atoms with van der Waals surface area (Å²) in [5.74, 6) is 1.45. The SMILES string of the molecule is CCOc1ccc(CN(Cc2nc(C(=O)N3CCCCC3)co2)C(C)C)cc1. The number of hydrogen-bond acceptors (Lipinski definition) is 5. The molecule has 0 bridgehead atoms. The molecule has 0 spiro atoms. The van der Waals surface area contributed by atoms with Gasteiger partial charge in [-0.25, -0.2) is 4.98 Å². The topological polar surface area (TPSA) is 58.8 Å². The van der Waals surface area contributed by atoms with E-state index >= 15 is 0 Å². The van der Waals surface area contributed by atoms with Crippen molar-refractivity contribution in [2.24, 2.45) is 0 Å². The fourth-order valence-corrected chi connectivity index (χ4v) is 3.43. The number of carbonyl (C=O) groups excluding carboxylic acids is 1. The highest BCUT2D eigenvalue weighted by atomic mass is 16.5. The number of nitrogens with zero attached hydrogens (tertiary/aromatic N) is 3. The van der Waals surface area contributed by atoms with Gasteiger partial charge in [-0.2, -0.15) is 0 Å². The minimum atomic E-state index is -0.0164. The van der Waals surface area contributed by atoms with Gasteiger partial charge in [0.1, 0.15) is 12.0 Å². The van der Waals surface area contributed by atoms with Crippen LogP contribution in [-0.2, 0) is 13.1 Å². The molecule has 0 saturated carbocycles. The minimum absolute atomic E-state index is 0.0164. The molecule has 0 aliphatic carbocycles. The van der Waals surface area contributed by atoms with Crippen LogP contribution in [0.5, 0.6) is 5.75 Å². The third kappa shape index (κ3) is 5.35. The van der Waals surface area contributed by atoms with E-state index in [4.69, 9.17) is 9.15 Å². The largest absolute Gasteiger partial charge is 0.494 e. The van der Waals surface area contributed by atoms with Gasteiger partial charge < -0.3 is 14.1 Å². The van der Waals surface area contributed by atoms with E-state index in [-0.39, 0.29) is 5.91 Å². The summed E-state index contributed by atoms with van der Waals surface area (Å²) in [4.78, 5) is 21.2. The van der Waals surface area contributed by atoms with Gasteiger partial charge in [0.25, 0.3) is 5.91 Å². The van der Waals surface area contributed by atoms with Gasteiger partial charge >= 0.3 is 0 Å². The van der Waals surface area contributed by atoms with Crippen molar-refractivity contribution in [3.05, 3.63) is 47.7 Å². The van der Waals surface area contributed by atoms with Gasteiger partial charge in [0, 0.05) is 25.7 Å². The Morgan fingerprint density at radius 3 is 2.54 bits per heavy atom. The quantitative estimate of drug-likeness (QED) is 0.684. The number of rotatable bonds is 8. The van der Waals surface area contributed by atoms with Crippen molar-refractivity contribution in [2.75, 3.05) is 19.7 Å². The summed E-state index contributed by atoms with van der Waals surface area (Å²) in [6, 6.07) is 8.48. The maximum atomic E-state index is 12.6. The zero-order valence-electron chi connectivity index (χ0n) is 17.2. The summed E-state index contributed by atoms with van der Waals surface area (Å²) in [7, 11) is 0. The zero-order chi connectivity index (χ0) is 19.9. The molecule has 2 aromatic rings. The molecule has 2 heterocycles. The normalized spacial score (nSPS) is 14.7. The lowest BCUT2D eigenvalue weighted by Gasteiger charge is -2.26. The van der Waals surface area contributed by atoms with E-state index in [1.165, 1.54) is 18.2 Å². The molecule has 1 aliphatic heterocycles. The van der Waals surface area contributed by atoms with Crippen LogP contribution in [0.15, 0.2) is 34.9 Å². The summed E-state index contributed by atoms with van der Waals surface area (Å²) >= 11 is 0. The van der Waals surface area contributed by atoms with E-state index in [1.807, 2.05) is 24.0 Å². The number of amides is 1. The Morgan fingerprint density at radius 1 is 1.18 bits per heavy atom. The van der Waals surface area contributed by atoms with Gasteiger partial charge in [-0.15, -0.1) is 0 Å². The summed E-state index contributed by atoms with van der Waals surface area (Å²) in [5, 5.41) is 0. The number of piperidine rings is 1. The number of ether oxygens (including phenoxy) is 1. The average molecular weight is 386 g/mol. The molecule has 28 heavy (non-hydrogen) atoms. The highest BCUT2D eigenvalue weighted by Crippen LogP contribution is 2.18. The standard InChI is InChI=1S/C22H31N3O3/c1-4-27-19-10-8-18(9-11-19)14-25(17(2)3)15-21-23-20(16-28-21)22(26)24-12-6-5-7-13-24/h8-11,16-17H,4-7,12-15H2,1-3H3. The van der Waals surface area contributed by atoms with Gasteiger partial charge in [0.05, 0.1) is 13.2 Å². The van der Waals surface area contributed by atoms with E-state index in [2.05, 4.69) is 35.9 Å². The molecule has 1 saturated heterocycles. The van der Waals surface area contributed by atoms with Crippen LogP contribution in [-0.4, -0.2) is 46.4 Å². The van der Waals surface area contributed by atoms with E-state index in [1.54, 1.807) is 0 Å². The number of oxazole rings is 1. The monoisotopic (exact) mass is 385 g/mol. The highest BCUT2D eigenvalue weighted by Gasteiger charge is 2.22. The Balaban J connectivity index is 1.62. The molecule has 6 nitrogen and oxygen atoms in total. The smallest absolute Gasteiger partial charge is 0.275 e. The first-order valence-corrected chi connectivity index (χ1v) is 10.3. The molecule has 0 atom stereocenters. The molecule has 1 aromatic carbocycles. The highest BCUT2D eigenvalue weighted by molar-refractivity contribution is 5.92. The van der Waals surface area contributed by atoms with Crippen LogP contribution in [0.1, 0.15) is 62.0 Å². The number of likely N-dealkylation sites (tertiary alicyclic amines) is 1. The number of benzene rings is 1. The van der Waals surface area contributed by atoms with Crippen LogP contribution < -0.4 is 4.74 Å². The van der Waals surface area contributed by atoms with Crippen LogP contribution in [0.2, 0.25) is 0 Å². The first-order valence-electron chi connectivity index (χ1n) is 10.3. The minimum Gasteiger partial charge on any atom is -0.494 e. The Labute approximate surface area is 167 Å². The van der Waals surface area contributed by atoms with Gasteiger partial charge in [-0.3, -0.25) is 9.69 Å². The van der Waals surface area contributed by atoms with Crippen molar-refractivity contribution >= 4 is 5.91 Å². The van der Waals surface area contributed by atoms with Crippen molar-refractivity contribution in [2.45, 2.75) is 59.2 Å². The van der Waals surface area contributed by atoms with Gasteiger partial charge in [-0.1, -0.05) is 12.1 Å². The van der Waals surface area contributed by atoms with Crippen molar-refractivity contribution in [1.82, 2.24) is 14.8 Å². The molecule has 3 rings (SSSR count). The first kappa shape index (κ1) is 20.4. The fraction of sp³-hybridized carbons (Fsp3) is 0.545. The molecule has 6 heteroatoms. The number of hydrogen-bond donors (Lipinski definition) is 0. The van der Waals surface area contributed by atoms with E-state index < -0.39 is 0 Å². The second-order valence-corrected chi connectivity index (χ2v) is 7.56. The summed E-state index contributed by atoms with van der Waals surface area (Å²) in [6.45, 7) is 9.93. The third-order valence-corrected chi connectivity index (χ3v) is 5.10. The lowest BCUT2D eigenvalue weighted by Crippen LogP contribution is -2.35. The second kappa shape index (κ2) is 9.73. The summed E-state index contributed by atoms with van der Waals surface area (Å²) in [6.07, 6.45) is 4.84. The predicted molar refractivity (Wildman–Crippen MR) is 108 cm³/mol. The molecular formula is C22H31N3O3. The average Bonchev–Trinajstić information content (AvgIpc) is 3.18.